The molecule has 0 saturated heterocycles. The van der Waals surface area contributed by atoms with Gasteiger partial charge in [0.2, 0.25) is 0 Å². The Kier molecular flexibility index (Phi) is 7.83. The summed E-state index contributed by atoms with van der Waals surface area (Å²) < 4.78 is 45.7. The molecule has 32 heavy (non-hydrogen) atoms. The molecule has 0 saturated carbocycles. The lowest BCUT2D eigenvalue weighted by Crippen LogP contribution is -2.36. The third kappa shape index (κ3) is 7.09. The minimum atomic E-state index is -3.83. The lowest BCUT2D eigenvalue weighted by Gasteiger charge is -2.14. The van der Waals surface area contributed by atoms with Crippen molar-refractivity contribution in [3.8, 4) is 5.75 Å². The maximum absolute atomic E-state index is 13.0. The smallest absolute Gasteiger partial charge is 0.261 e. The van der Waals surface area contributed by atoms with Crippen molar-refractivity contribution >= 4 is 21.6 Å². The summed E-state index contributed by atoms with van der Waals surface area (Å²) >= 11 is 0. The molecule has 0 radical (unpaired) electrons. The average Bonchev–Trinajstić information content (AvgIpc) is 2.79. The summed E-state index contributed by atoms with van der Waals surface area (Å²) in [5.74, 6) is -0.331. The molecule has 2 N–H and O–H groups in total. The van der Waals surface area contributed by atoms with Crippen molar-refractivity contribution in [1.29, 1.82) is 0 Å². The van der Waals surface area contributed by atoms with Crippen molar-refractivity contribution in [3.63, 3.8) is 0 Å². The zero-order chi connectivity index (χ0) is 23.0. The van der Waals surface area contributed by atoms with Gasteiger partial charge in [-0.3, -0.25) is 9.52 Å². The predicted octanol–water partition coefficient (Wildman–Crippen LogP) is 4.14. The van der Waals surface area contributed by atoms with Gasteiger partial charge in [0.1, 0.15) is 11.6 Å². The van der Waals surface area contributed by atoms with Crippen molar-refractivity contribution in [2.75, 3.05) is 11.3 Å². The Bertz CT molecular complexity index is 1120. The van der Waals surface area contributed by atoms with E-state index >= 15 is 0 Å². The fourth-order valence-electron chi connectivity index (χ4n) is 3.01. The van der Waals surface area contributed by atoms with Gasteiger partial charge in [-0.15, -0.1) is 0 Å². The number of rotatable bonds is 10. The lowest BCUT2D eigenvalue weighted by molar-refractivity contribution is -0.123. The van der Waals surface area contributed by atoms with Gasteiger partial charge in [-0.25, -0.2) is 12.8 Å². The highest BCUT2D eigenvalue weighted by Gasteiger charge is 2.15. The first kappa shape index (κ1) is 23.3. The van der Waals surface area contributed by atoms with Gasteiger partial charge in [-0.05, 0) is 73.9 Å². The maximum Gasteiger partial charge on any atom is 0.261 e. The largest absolute Gasteiger partial charge is 0.484 e. The summed E-state index contributed by atoms with van der Waals surface area (Å²) in [6.45, 7) is 1.77. The molecule has 3 aromatic carbocycles. The van der Waals surface area contributed by atoms with Crippen molar-refractivity contribution in [3.05, 3.63) is 90.2 Å². The Morgan fingerprint density at radius 2 is 1.62 bits per heavy atom. The van der Waals surface area contributed by atoms with Crippen LogP contribution in [-0.4, -0.2) is 27.0 Å². The number of hydrogen-bond acceptors (Lipinski definition) is 4. The van der Waals surface area contributed by atoms with Gasteiger partial charge in [-0.1, -0.05) is 30.3 Å². The minimum absolute atomic E-state index is 0.00337. The van der Waals surface area contributed by atoms with Gasteiger partial charge in [-0.2, -0.15) is 0 Å². The molecule has 0 aliphatic carbocycles. The molecule has 0 fully saturated rings. The Balaban J connectivity index is 1.46. The van der Waals surface area contributed by atoms with Crippen molar-refractivity contribution in [1.82, 2.24) is 5.32 Å². The number of nitrogens with one attached hydrogen (secondary N) is 2. The highest BCUT2D eigenvalue weighted by atomic mass is 32.2. The van der Waals surface area contributed by atoms with E-state index < -0.39 is 15.8 Å². The number of amides is 1. The Morgan fingerprint density at radius 1 is 0.969 bits per heavy atom. The second-order valence-electron chi connectivity index (χ2n) is 7.37. The van der Waals surface area contributed by atoms with Crippen molar-refractivity contribution in [2.24, 2.45) is 0 Å². The predicted molar refractivity (Wildman–Crippen MR) is 122 cm³/mol. The van der Waals surface area contributed by atoms with Gasteiger partial charge in [0.05, 0.1) is 4.90 Å². The summed E-state index contributed by atoms with van der Waals surface area (Å²) in [6, 6.07) is 20.8. The molecule has 1 atom stereocenters. The molecule has 6 nitrogen and oxygen atoms in total. The monoisotopic (exact) mass is 456 g/mol. The van der Waals surface area contributed by atoms with Crippen LogP contribution in [0, 0.1) is 5.82 Å². The number of aryl methyl sites for hydroxylation is 1. The number of carbonyl (C=O) groups is 1. The third-order valence-corrected chi connectivity index (χ3v) is 6.11. The molecule has 1 amide bonds. The molecule has 0 aliphatic heterocycles. The Hall–Kier alpha value is -3.39. The maximum atomic E-state index is 13.0. The first-order valence-corrected chi connectivity index (χ1v) is 11.6. The van der Waals surface area contributed by atoms with E-state index in [0.717, 1.165) is 12.8 Å². The Labute approximate surface area is 187 Å². The fraction of sp³-hybridized carbons (Fsp3) is 0.208. The second-order valence-corrected chi connectivity index (χ2v) is 9.05. The topological polar surface area (TPSA) is 84.5 Å². The number of benzene rings is 3. The molecular formula is C24H25FN2O4S. The first-order chi connectivity index (χ1) is 15.3. The molecule has 0 unspecified atom stereocenters. The molecule has 0 bridgehead atoms. The average molecular weight is 457 g/mol. The van der Waals surface area contributed by atoms with Crippen LogP contribution < -0.4 is 14.8 Å². The Morgan fingerprint density at radius 3 is 2.28 bits per heavy atom. The molecule has 0 heterocycles. The quantitative estimate of drug-likeness (QED) is 0.480. The van der Waals surface area contributed by atoms with Crippen molar-refractivity contribution < 1.29 is 22.3 Å². The number of anilines is 1. The summed E-state index contributed by atoms with van der Waals surface area (Å²) in [6.07, 6.45) is 1.68. The van der Waals surface area contributed by atoms with E-state index in [1.807, 2.05) is 25.1 Å². The summed E-state index contributed by atoms with van der Waals surface area (Å²) in [5.41, 5.74) is 1.47. The first-order valence-electron chi connectivity index (χ1n) is 10.2. The van der Waals surface area contributed by atoms with Crippen LogP contribution in [0.4, 0.5) is 10.1 Å². The van der Waals surface area contributed by atoms with E-state index in [1.54, 1.807) is 0 Å². The molecular weight excluding hydrogens is 431 g/mol. The van der Waals surface area contributed by atoms with Gasteiger partial charge < -0.3 is 10.1 Å². The third-order valence-electron chi connectivity index (χ3n) is 4.72. The molecule has 3 aromatic rings. The summed E-state index contributed by atoms with van der Waals surface area (Å²) in [5, 5.41) is 2.89. The van der Waals surface area contributed by atoms with Gasteiger partial charge in [0, 0.05) is 11.7 Å². The van der Waals surface area contributed by atoms with Gasteiger partial charge >= 0.3 is 0 Å². The van der Waals surface area contributed by atoms with E-state index in [-0.39, 0.29) is 29.1 Å². The van der Waals surface area contributed by atoms with E-state index in [4.69, 9.17) is 4.74 Å². The van der Waals surface area contributed by atoms with Crippen LogP contribution in [0.5, 0.6) is 5.75 Å². The minimum Gasteiger partial charge on any atom is -0.484 e. The normalized spacial score (nSPS) is 12.1. The van der Waals surface area contributed by atoms with E-state index in [0.29, 0.717) is 5.75 Å². The number of halogens is 1. The van der Waals surface area contributed by atoms with E-state index in [2.05, 4.69) is 22.2 Å². The highest BCUT2D eigenvalue weighted by molar-refractivity contribution is 7.92. The van der Waals surface area contributed by atoms with Crippen molar-refractivity contribution in [2.45, 2.75) is 30.7 Å². The number of carbonyl (C=O) groups excluding carboxylic acids is 1. The van der Waals surface area contributed by atoms with E-state index in [1.165, 1.54) is 54.1 Å². The van der Waals surface area contributed by atoms with E-state index in [9.17, 15) is 17.6 Å². The highest BCUT2D eigenvalue weighted by Crippen LogP contribution is 2.19. The second kappa shape index (κ2) is 10.8. The molecule has 0 aliphatic rings. The number of sulfonamides is 1. The van der Waals surface area contributed by atoms with Crippen LogP contribution in [-0.2, 0) is 21.2 Å². The SMILES string of the molecule is C[C@H](CCc1ccccc1)NC(=O)COc1ccc(S(=O)(=O)Nc2ccc(F)cc2)cc1. The van der Waals surface area contributed by atoms with Crippen LogP contribution in [0.1, 0.15) is 18.9 Å². The van der Waals surface area contributed by atoms with Crippen LogP contribution in [0.2, 0.25) is 0 Å². The van der Waals surface area contributed by atoms with Crippen LogP contribution in [0.25, 0.3) is 0 Å². The zero-order valence-corrected chi connectivity index (χ0v) is 18.4. The van der Waals surface area contributed by atoms with Crippen LogP contribution >= 0.6 is 0 Å². The molecule has 0 spiro atoms. The fourth-order valence-corrected chi connectivity index (χ4v) is 4.07. The van der Waals surface area contributed by atoms with Crippen LogP contribution in [0.15, 0.2) is 83.8 Å². The number of ether oxygens (including phenoxy) is 1. The summed E-state index contributed by atoms with van der Waals surface area (Å²) in [4.78, 5) is 12.1. The van der Waals surface area contributed by atoms with Gasteiger partial charge in [0.25, 0.3) is 15.9 Å². The van der Waals surface area contributed by atoms with Gasteiger partial charge in [0.15, 0.2) is 6.61 Å². The summed E-state index contributed by atoms with van der Waals surface area (Å²) in [7, 11) is -3.83. The molecule has 8 heteroatoms. The zero-order valence-electron chi connectivity index (χ0n) is 17.6. The van der Waals surface area contributed by atoms with Crippen LogP contribution in [0.3, 0.4) is 0 Å². The number of hydrogen-bond donors (Lipinski definition) is 2. The molecule has 168 valence electrons. The lowest BCUT2D eigenvalue weighted by atomic mass is 10.1. The molecule has 3 rings (SSSR count). The standard InChI is InChI=1S/C24H25FN2O4S/c1-18(7-8-19-5-3-2-4-6-19)26-24(28)17-31-22-13-15-23(16-14-22)32(29,30)27-21-11-9-20(25)10-12-21/h2-6,9-16,18,27H,7-8,17H2,1H3,(H,26,28)/t18-/m1/s1. The molecule has 0 aromatic heterocycles.